The summed E-state index contributed by atoms with van der Waals surface area (Å²) in [5, 5.41) is 21.3. The van der Waals surface area contributed by atoms with Crippen molar-refractivity contribution in [3.63, 3.8) is 0 Å². The van der Waals surface area contributed by atoms with Crippen molar-refractivity contribution in [2.75, 3.05) is 0 Å². The summed E-state index contributed by atoms with van der Waals surface area (Å²) in [5.41, 5.74) is 3.00. The fourth-order valence-corrected chi connectivity index (χ4v) is 4.36. The average Bonchev–Trinajstić information content (AvgIpc) is 3.04. The van der Waals surface area contributed by atoms with Crippen LogP contribution in [-0.4, -0.2) is 23.6 Å². The van der Waals surface area contributed by atoms with Crippen LogP contribution >= 0.6 is 11.3 Å². The molecule has 0 aliphatic heterocycles. The van der Waals surface area contributed by atoms with Gasteiger partial charge in [0.05, 0.1) is 18.0 Å². The number of rotatable bonds is 6. The molecule has 8 heteroatoms. The van der Waals surface area contributed by atoms with Crippen molar-refractivity contribution in [1.29, 1.82) is 0 Å². The molecule has 136 valence electrons. The van der Waals surface area contributed by atoms with E-state index in [1.54, 1.807) is 17.5 Å². The maximum Gasteiger partial charge on any atom is 0.216 e. The summed E-state index contributed by atoms with van der Waals surface area (Å²) in [5.74, 6) is -0.511. The Hall–Kier alpha value is -2.42. The minimum absolute atomic E-state index is 0.0846. The molecule has 1 aromatic heterocycles. The number of aromatic nitrogens is 1. The third kappa shape index (κ3) is 4.60. The summed E-state index contributed by atoms with van der Waals surface area (Å²) >= 11 is 1.32. The first-order valence-electron chi connectivity index (χ1n) is 7.82. The minimum Gasteiger partial charge on any atom is -0.504 e. The number of nitrogens with one attached hydrogen (secondary N) is 1. The van der Waals surface area contributed by atoms with Gasteiger partial charge < -0.3 is 10.2 Å². The monoisotopic (exact) mass is 390 g/mol. The molecule has 0 spiro atoms. The topological polar surface area (TPSA) is 99.5 Å². The summed E-state index contributed by atoms with van der Waals surface area (Å²) in [7, 11) is -3.47. The fourth-order valence-electron chi connectivity index (χ4n) is 2.45. The van der Waals surface area contributed by atoms with Gasteiger partial charge in [-0.25, -0.2) is 18.1 Å². The van der Waals surface area contributed by atoms with Crippen LogP contribution in [0.4, 0.5) is 0 Å². The molecule has 0 saturated carbocycles. The van der Waals surface area contributed by atoms with Gasteiger partial charge in [0.2, 0.25) is 10.0 Å². The lowest BCUT2D eigenvalue weighted by Crippen LogP contribution is -2.24. The van der Waals surface area contributed by atoms with E-state index in [1.165, 1.54) is 23.5 Å². The first-order chi connectivity index (χ1) is 12.3. The number of benzene rings is 2. The van der Waals surface area contributed by atoms with Crippen molar-refractivity contribution >= 4 is 21.4 Å². The van der Waals surface area contributed by atoms with Crippen LogP contribution < -0.4 is 4.72 Å². The first-order valence-corrected chi connectivity index (χ1v) is 10.4. The van der Waals surface area contributed by atoms with E-state index < -0.39 is 10.0 Å². The van der Waals surface area contributed by atoms with Crippen LogP contribution in [0.2, 0.25) is 0 Å². The summed E-state index contributed by atoms with van der Waals surface area (Å²) in [6.07, 6.45) is 0. The Morgan fingerprint density at radius 2 is 1.92 bits per heavy atom. The van der Waals surface area contributed by atoms with E-state index in [0.29, 0.717) is 16.3 Å². The van der Waals surface area contributed by atoms with Gasteiger partial charge in [-0.15, -0.1) is 11.3 Å². The van der Waals surface area contributed by atoms with Crippen molar-refractivity contribution < 1.29 is 18.6 Å². The Morgan fingerprint density at radius 3 is 2.65 bits per heavy atom. The van der Waals surface area contributed by atoms with E-state index in [1.807, 2.05) is 25.1 Å². The Kier molecular flexibility index (Phi) is 5.26. The number of sulfonamides is 1. The van der Waals surface area contributed by atoms with Crippen molar-refractivity contribution in [2.24, 2.45) is 0 Å². The van der Waals surface area contributed by atoms with E-state index in [0.717, 1.165) is 11.1 Å². The molecule has 26 heavy (non-hydrogen) atoms. The minimum atomic E-state index is -3.47. The van der Waals surface area contributed by atoms with Crippen LogP contribution in [0.15, 0.2) is 47.8 Å². The molecule has 3 aromatic rings. The number of hydrogen-bond donors (Lipinski definition) is 3. The molecule has 3 rings (SSSR count). The summed E-state index contributed by atoms with van der Waals surface area (Å²) in [6.45, 7) is 2.02. The fraction of sp³-hybridized carbons (Fsp3) is 0.167. The maximum absolute atomic E-state index is 12.2. The molecular formula is C18H18N2O4S2. The van der Waals surface area contributed by atoms with Gasteiger partial charge in [-0.1, -0.05) is 29.8 Å². The van der Waals surface area contributed by atoms with Gasteiger partial charge >= 0.3 is 0 Å². The largest absolute Gasteiger partial charge is 0.504 e. The van der Waals surface area contributed by atoms with Crippen LogP contribution in [0.1, 0.15) is 16.1 Å². The Balaban J connectivity index is 1.66. The van der Waals surface area contributed by atoms with Crippen LogP contribution in [-0.2, 0) is 22.3 Å². The van der Waals surface area contributed by atoms with Crippen LogP contribution in [0.5, 0.6) is 11.5 Å². The highest BCUT2D eigenvalue weighted by atomic mass is 32.2. The van der Waals surface area contributed by atoms with Crippen LogP contribution in [0.3, 0.4) is 0 Å². The highest BCUT2D eigenvalue weighted by Crippen LogP contribution is 2.31. The molecule has 0 atom stereocenters. The smallest absolute Gasteiger partial charge is 0.216 e. The lowest BCUT2D eigenvalue weighted by molar-refractivity contribution is 0.404. The first kappa shape index (κ1) is 18.4. The third-order valence-electron chi connectivity index (χ3n) is 3.71. The van der Waals surface area contributed by atoms with Crippen LogP contribution in [0.25, 0.3) is 11.3 Å². The predicted molar refractivity (Wildman–Crippen MR) is 102 cm³/mol. The number of nitrogens with zero attached hydrogens (tertiary/aromatic N) is 1. The zero-order chi connectivity index (χ0) is 18.7. The highest BCUT2D eigenvalue weighted by molar-refractivity contribution is 7.88. The molecule has 0 bridgehead atoms. The number of aromatic hydroxyl groups is 2. The standard InChI is InChI=1S/C18H18N2O4S2/c1-12-3-2-4-13(7-12)11-26(23,24)19-9-18-20-15(10-25-18)14-5-6-16(21)17(22)8-14/h2-8,10,19,21-22H,9,11H2,1H3. The second-order valence-electron chi connectivity index (χ2n) is 5.90. The second kappa shape index (κ2) is 7.45. The van der Waals surface area contributed by atoms with E-state index >= 15 is 0 Å². The van der Waals surface area contributed by atoms with Crippen molar-refractivity contribution in [1.82, 2.24) is 9.71 Å². The Bertz CT molecular complexity index is 1030. The zero-order valence-electron chi connectivity index (χ0n) is 14.0. The molecular weight excluding hydrogens is 372 g/mol. The van der Waals surface area contributed by atoms with Crippen molar-refractivity contribution in [3.8, 4) is 22.8 Å². The van der Waals surface area contributed by atoms with Gasteiger partial charge in [0, 0.05) is 10.9 Å². The molecule has 0 saturated heterocycles. The molecule has 2 aromatic carbocycles. The summed E-state index contributed by atoms with van der Waals surface area (Å²) < 4.78 is 27.1. The normalized spacial score (nSPS) is 11.6. The number of phenolic OH excluding ortho intramolecular Hbond substituents is 2. The van der Waals surface area contributed by atoms with Crippen molar-refractivity contribution in [2.45, 2.75) is 19.2 Å². The second-order valence-corrected chi connectivity index (χ2v) is 8.65. The molecule has 3 N–H and O–H groups in total. The average molecular weight is 390 g/mol. The van der Waals surface area contributed by atoms with E-state index in [4.69, 9.17) is 0 Å². The summed E-state index contributed by atoms with van der Waals surface area (Å²) in [4.78, 5) is 4.37. The van der Waals surface area contributed by atoms with Gasteiger partial charge in [-0.2, -0.15) is 0 Å². The quantitative estimate of drug-likeness (QED) is 0.562. The number of hydrogen-bond acceptors (Lipinski definition) is 6. The number of aryl methyl sites for hydroxylation is 1. The molecule has 0 aliphatic carbocycles. The van der Waals surface area contributed by atoms with E-state index in [-0.39, 0.29) is 23.8 Å². The van der Waals surface area contributed by atoms with Crippen molar-refractivity contribution in [3.05, 3.63) is 64.0 Å². The van der Waals surface area contributed by atoms with E-state index in [9.17, 15) is 18.6 Å². The summed E-state index contributed by atoms with van der Waals surface area (Å²) in [6, 6.07) is 11.8. The van der Waals surface area contributed by atoms with Gasteiger partial charge in [0.1, 0.15) is 5.01 Å². The molecule has 0 radical (unpaired) electrons. The Morgan fingerprint density at radius 1 is 1.12 bits per heavy atom. The molecule has 0 amide bonds. The van der Waals surface area contributed by atoms with Gasteiger partial charge in [0.15, 0.2) is 11.5 Å². The SMILES string of the molecule is Cc1cccc(CS(=O)(=O)NCc2nc(-c3ccc(O)c(O)c3)cs2)c1. The van der Waals surface area contributed by atoms with Gasteiger partial charge in [-0.05, 0) is 30.7 Å². The molecule has 6 nitrogen and oxygen atoms in total. The van der Waals surface area contributed by atoms with Gasteiger partial charge in [-0.3, -0.25) is 0 Å². The maximum atomic E-state index is 12.2. The van der Waals surface area contributed by atoms with E-state index in [2.05, 4.69) is 9.71 Å². The number of thiazole rings is 1. The van der Waals surface area contributed by atoms with Crippen LogP contribution in [0, 0.1) is 6.92 Å². The molecule has 1 heterocycles. The molecule has 0 unspecified atom stereocenters. The molecule has 0 fully saturated rings. The predicted octanol–water partition coefficient (Wildman–Crippen LogP) is 3.15. The molecule has 0 aliphatic rings. The lowest BCUT2D eigenvalue weighted by Gasteiger charge is -2.06. The van der Waals surface area contributed by atoms with Gasteiger partial charge in [0.25, 0.3) is 0 Å². The lowest BCUT2D eigenvalue weighted by atomic mass is 10.1. The highest BCUT2D eigenvalue weighted by Gasteiger charge is 2.13. The Labute approximate surface area is 155 Å². The number of phenols is 2. The zero-order valence-corrected chi connectivity index (χ0v) is 15.6. The third-order valence-corrected chi connectivity index (χ3v) is 5.85.